The number of hydrazone groups is 1. The van der Waals surface area contributed by atoms with Crippen LogP contribution in [0.25, 0.3) is 0 Å². The van der Waals surface area contributed by atoms with Gasteiger partial charge in [-0.05, 0) is 65.4 Å². The molecule has 2 aromatic carbocycles. The number of alkyl halides is 3. The third-order valence-corrected chi connectivity index (χ3v) is 4.53. The quantitative estimate of drug-likeness (QED) is 0.224. The summed E-state index contributed by atoms with van der Waals surface area (Å²) in [4.78, 5) is 23.8. The number of carbonyl (C=O) groups excluding carboxylic acids is 2. The summed E-state index contributed by atoms with van der Waals surface area (Å²) < 4.78 is 49.7. The van der Waals surface area contributed by atoms with E-state index in [9.17, 15) is 22.8 Å². The fraction of sp³-hybridized carbons (Fsp3) is 0.250. The number of ether oxygens (including phenoxy) is 2. The smallest absolute Gasteiger partial charge is 0.416 e. The van der Waals surface area contributed by atoms with Crippen LogP contribution >= 0.6 is 22.6 Å². The highest BCUT2D eigenvalue weighted by atomic mass is 127. The van der Waals surface area contributed by atoms with Crippen LogP contribution in [0.4, 0.5) is 18.9 Å². The van der Waals surface area contributed by atoms with Gasteiger partial charge in [0.15, 0.2) is 11.5 Å². The molecule has 0 aromatic heterocycles. The van der Waals surface area contributed by atoms with E-state index in [1.165, 1.54) is 19.4 Å². The minimum atomic E-state index is -4.53. The van der Waals surface area contributed by atoms with Gasteiger partial charge in [-0.1, -0.05) is 6.07 Å². The SMILES string of the molecule is CCOc1cc(C=NNC(=O)CC(=O)Nc2cccc(C(F)(F)F)c2)cc(I)c1OC. The standard InChI is InChI=1S/C20H19F3IN3O4/c1-3-31-16-8-12(7-15(24)19(16)30-2)11-25-27-18(29)10-17(28)26-14-6-4-5-13(9-14)20(21,22)23/h4-9,11H,3,10H2,1-2H3,(H,26,28)(H,27,29). The molecule has 0 saturated heterocycles. The maximum atomic E-state index is 12.7. The molecule has 0 fully saturated rings. The van der Waals surface area contributed by atoms with Crippen molar-refractivity contribution >= 4 is 46.3 Å². The molecular formula is C20H19F3IN3O4. The van der Waals surface area contributed by atoms with Crippen molar-refractivity contribution in [2.45, 2.75) is 19.5 Å². The molecule has 0 aliphatic carbocycles. The number of carbonyl (C=O) groups is 2. The number of methoxy groups -OCH3 is 1. The van der Waals surface area contributed by atoms with Crippen molar-refractivity contribution in [3.05, 3.63) is 51.1 Å². The predicted molar refractivity (Wildman–Crippen MR) is 117 cm³/mol. The summed E-state index contributed by atoms with van der Waals surface area (Å²) in [5.41, 5.74) is 1.86. The van der Waals surface area contributed by atoms with Crippen molar-refractivity contribution in [1.29, 1.82) is 0 Å². The van der Waals surface area contributed by atoms with Gasteiger partial charge in [0.1, 0.15) is 6.42 Å². The lowest BCUT2D eigenvalue weighted by Crippen LogP contribution is -2.24. The summed E-state index contributed by atoms with van der Waals surface area (Å²) in [7, 11) is 1.53. The first-order chi connectivity index (χ1) is 14.6. The topological polar surface area (TPSA) is 89.0 Å². The Labute approximate surface area is 190 Å². The van der Waals surface area contributed by atoms with E-state index in [2.05, 4.69) is 38.4 Å². The first kappa shape index (κ1) is 24.4. The van der Waals surface area contributed by atoms with Crippen LogP contribution in [0.1, 0.15) is 24.5 Å². The van der Waals surface area contributed by atoms with Crippen LogP contribution in [-0.4, -0.2) is 31.7 Å². The Morgan fingerprint density at radius 1 is 1.19 bits per heavy atom. The Hall–Kier alpha value is -2.83. The third-order valence-electron chi connectivity index (χ3n) is 3.73. The average Bonchev–Trinajstić information content (AvgIpc) is 2.67. The number of nitrogens with zero attached hydrogens (tertiary/aromatic N) is 1. The zero-order valence-electron chi connectivity index (χ0n) is 16.5. The highest BCUT2D eigenvalue weighted by Gasteiger charge is 2.30. The molecule has 2 N–H and O–H groups in total. The predicted octanol–water partition coefficient (Wildman–Crippen LogP) is 4.20. The molecule has 2 amide bonds. The van der Waals surface area contributed by atoms with E-state index in [4.69, 9.17) is 9.47 Å². The second-order valence-corrected chi connectivity index (χ2v) is 7.23. The van der Waals surface area contributed by atoms with Gasteiger partial charge in [-0.2, -0.15) is 18.3 Å². The number of nitrogens with one attached hydrogen (secondary N) is 2. The maximum absolute atomic E-state index is 12.7. The van der Waals surface area contributed by atoms with Crippen LogP contribution in [-0.2, 0) is 15.8 Å². The summed E-state index contributed by atoms with van der Waals surface area (Å²) in [5, 5.41) is 6.04. The molecule has 0 atom stereocenters. The number of halogens is 4. The van der Waals surface area contributed by atoms with Gasteiger partial charge in [0.2, 0.25) is 11.8 Å². The molecule has 0 bridgehead atoms. The van der Waals surface area contributed by atoms with Gasteiger partial charge in [-0.25, -0.2) is 5.43 Å². The number of amides is 2. The van der Waals surface area contributed by atoms with Gasteiger partial charge < -0.3 is 14.8 Å². The first-order valence-electron chi connectivity index (χ1n) is 8.93. The Morgan fingerprint density at radius 3 is 2.58 bits per heavy atom. The van der Waals surface area contributed by atoms with Crippen molar-refractivity contribution < 1.29 is 32.2 Å². The van der Waals surface area contributed by atoms with Gasteiger partial charge in [-0.3, -0.25) is 9.59 Å². The maximum Gasteiger partial charge on any atom is 0.416 e. The molecule has 0 heterocycles. The third kappa shape index (κ3) is 7.42. The molecule has 31 heavy (non-hydrogen) atoms. The Bertz CT molecular complexity index is 981. The number of rotatable bonds is 8. The molecule has 11 heteroatoms. The lowest BCUT2D eigenvalue weighted by atomic mass is 10.2. The molecule has 0 radical (unpaired) electrons. The fourth-order valence-corrected chi connectivity index (χ4v) is 3.31. The lowest BCUT2D eigenvalue weighted by Gasteiger charge is -2.11. The Balaban J connectivity index is 1.95. The summed E-state index contributed by atoms with van der Waals surface area (Å²) in [5.74, 6) is -0.404. The lowest BCUT2D eigenvalue weighted by molar-refractivity contribution is -0.137. The molecular weight excluding hydrogens is 530 g/mol. The van der Waals surface area contributed by atoms with Crippen LogP contribution in [0.5, 0.6) is 11.5 Å². The van der Waals surface area contributed by atoms with Crippen LogP contribution < -0.4 is 20.2 Å². The Kier molecular flexibility index (Phi) is 8.65. The molecule has 2 aromatic rings. The monoisotopic (exact) mass is 549 g/mol. The van der Waals surface area contributed by atoms with Crippen LogP contribution in [0.15, 0.2) is 41.5 Å². The van der Waals surface area contributed by atoms with E-state index in [-0.39, 0.29) is 5.69 Å². The van der Waals surface area contributed by atoms with Crippen LogP contribution in [0, 0.1) is 3.57 Å². The minimum absolute atomic E-state index is 0.0626. The fourth-order valence-electron chi connectivity index (χ4n) is 2.47. The van der Waals surface area contributed by atoms with E-state index < -0.39 is 30.0 Å². The van der Waals surface area contributed by atoms with Crippen LogP contribution in [0.2, 0.25) is 0 Å². The Morgan fingerprint density at radius 2 is 1.94 bits per heavy atom. The van der Waals surface area contributed by atoms with E-state index in [0.29, 0.717) is 23.7 Å². The molecule has 2 rings (SSSR count). The summed E-state index contributed by atoms with van der Waals surface area (Å²) in [6, 6.07) is 7.57. The highest BCUT2D eigenvalue weighted by molar-refractivity contribution is 14.1. The van der Waals surface area contributed by atoms with Crippen molar-refractivity contribution in [1.82, 2.24) is 5.43 Å². The number of hydrogen-bond acceptors (Lipinski definition) is 5. The first-order valence-corrected chi connectivity index (χ1v) is 10.0. The second-order valence-electron chi connectivity index (χ2n) is 6.06. The molecule has 7 nitrogen and oxygen atoms in total. The van der Waals surface area contributed by atoms with Crippen molar-refractivity contribution in [3.8, 4) is 11.5 Å². The molecule has 0 unspecified atom stereocenters. The average molecular weight is 549 g/mol. The number of anilines is 1. The van der Waals surface area contributed by atoms with Gasteiger partial charge in [-0.15, -0.1) is 0 Å². The van der Waals surface area contributed by atoms with Crippen molar-refractivity contribution in [2.75, 3.05) is 19.0 Å². The number of hydrogen-bond donors (Lipinski definition) is 2. The molecule has 0 aliphatic rings. The van der Waals surface area contributed by atoms with Gasteiger partial charge in [0.25, 0.3) is 0 Å². The minimum Gasteiger partial charge on any atom is -0.492 e. The molecule has 0 saturated carbocycles. The van der Waals surface area contributed by atoms with E-state index in [0.717, 1.165) is 21.8 Å². The highest BCUT2D eigenvalue weighted by Crippen LogP contribution is 2.33. The van der Waals surface area contributed by atoms with E-state index in [1.54, 1.807) is 12.1 Å². The summed E-state index contributed by atoms with van der Waals surface area (Å²) in [6.07, 6.45) is -3.78. The largest absolute Gasteiger partial charge is 0.492 e. The molecule has 0 aliphatic heterocycles. The van der Waals surface area contributed by atoms with Gasteiger partial charge in [0, 0.05) is 5.69 Å². The summed E-state index contributed by atoms with van der Waals surface area (Å²) in [6.45, 7) is 2.27. The second kappa shape index (κ2) is 11.0. The van der Waals surface area contributed by atoms with E-state index in [1.807, 2.05) is 6.92 Å². The summed E-state index contributed by atoms with van der Waals surface area (Å²) >= 11 is 2.07. The number of benzene rings is 2. The van der Waals surface area contributed by atoms with E-state index >= 15 is 0 Å². The zero-order valence-corrected chi connectivity index (χ0v) is 18.7. The van der Waals surface area contributed by atoms with Gasteiger partial charge >= 0.3 is 6.18 Å². The zero-order chi connectivity index (χ0) is 23.0. The van der Waals surface area contributed by atoms with Crippen molar-refractivity contribution in [2.24, 2.45) is 5.10 Å². The van der Waals surface area contributed by atoms with Gasteiger partial charge in [0.05, 0.1) is 29.1 Å². The molecule has 166 valence electrons. The van der Waals surface area contributed by atoms with Crippen LogP contribution in [0.3, 0.4) is 0 Å². The van der Waals surface area contributed by atoms with Crippen molar-refractivity contribution in [3.63, 3.8) is 0 Å². The molecule has 0 spiro atoms. The normalized spacial score (nSPS) is 11.3.